The van der Waals surface area contributed by atoms with Gasteiger partial charge in [-0.05, 0) is 133 Å². The van der Waals surface area contributed by atoms with Crippen LogP contribution < -0.4 is 41.3 Å². The average Bonchev–Trinajstić information content (AvgIpc) is 3.32. The van der Waals surface area contributed by atoms with E-state index in [-0.39, 0.29) is 13.2 Å². The molecule has 0 spiro atoms. The van der Waals surface area contributed by atoms with Gasteiger partial charge in [0.2, 0.25) is 0 Å². The number of hydrogen-bond donors (Lipinski definition) is 0. The minimum Gasteiger partial charge on any atom is -0.491 e. The Morgan fingerprint density at radius 3 is 1.12 bits per heavy atom. The number of rotatable bonds is 21. The maximum atomic E-state index is 13.0. The molecule has 6 heteroatoms. The Balaban J connectivity index is 1.27. The van der Waals surface area contributed by atoms with Crippen molar-refractivity contribution in [2.75, 3.05) is 38.9 Å². The highest BCUT2D eigenvalue weighted by molar-refractivity contribution is 7.96. The van der Waals surface area contributed by atoms with Crippen LogP contribution in [0.5, 0.6) is 11.5 Å². The van der Waals surface area contributed by atoms with Crippen LogP contribution in [-0.4, -0.2) is 38.9 Å². The zero-order chi connectivity index (χ0) is 41.5. The molecule has 0 bridgehead atoms. The van der Waals surface area contributed by atoms with Crippen molar-refractivity contribution in [1.29, 1.82) is 0 Å². The third kappa shape index (κ3) is 9.90. The summed E-state index contributed by atoms with van der Waals surface area (Å²) in [5, 5.41) is 8.00. The van der Waals surface area contributed by atoms with E-state index in [0.717, 1.165) is 38.0 Å². The van der Waals surface area contributed by atoms with Gasteiger partial charge in [0.25, 0.3) is 0 Å². The van der Waals surface area contributed by atoms with E-state index in [2.05, 4.69) is 171 Å². The SMILES string of the molecule is CCCCC[P+](c1ccccc1)(c1ccc(OCCF)cc1)c1ccc(-c2ccc([P+](CCCc3ccccc3)(c3ccccc3)c3ccc(OCCF)cc3)cc2)cc1. The van der Waals surface area contributed by atoms with Crippen molar-refractivity contribution >= 4 is 46.4 Å². The number of unbranched alkanes of at least 4 members (excludes halogenated alkanes) is 2. The maximum Gasteiger partial charge on any atom is 0.123 e. The highest BCUT2D eigenvalue weighted by Gasteiger charge is 2.46. The molecule has 0 heterocycles. The van der Waals surface area contributed by atoms with E-state index in [4.69, 9.17) is 9.47 Å². The molecule has 7 aromatic carbocycles. The van der Waals surface area contributed by atoms with Gasteiger partial charge in [0.15, 0.2) is 0 Å². The van der Waals surface area contributed by atoms with Crippen LogP contribution in [0.3, 0.4) is 0 Å². The van der Waals surface area contributed by atoms with Gasteiger partial charge >= 0.3 is 0 Å². The minimum atomic E-state index is -2.12. The third-order valence-electron chi connectivity index (χ3n) is 11.5. The van der Waals surface area contributed by atoms with Gasteiger partial charge in [-0.15, -0.1) is 0 Å². The lowest BCUT2D eigenvalue weighted by molar-refractivity contribution is 0.273. The van der Waals surface area contributed by atoms with Crippen LogP contribution in [0.25, 0.3) is 11.1 Å². The van der Waals surface area contributed by atoms with Crippen LogP contribution in [0.1, 0.15) is 38.2 Å². The first-order chi connectivity index (χ1) is 29.6. The molecular weight excluding hydrogens is 781 g/mol. The smallest absolute Gasteiger partial charge is 0.123 e. The van der Waals surface area contributed by atoms with Crippen LogP contribution in [0, 0.1) is 0 Å². The topological polar surface area (TPSA) is 18.5 Å². The summed E-state index contributed by atoms with van der Waals surface area (Å²) in [6.07, 6.45) is 7.58. The summed E-state index contributed by atoms with van der Waals surface area (Å²) < 4.78 is 37.3. The molecule has 0 radical (unpaired) electrons. The van der Waals surface area contributed by atoms with Gasteiger partial charge in [0.1, 0.15) is 84.4 Å². The molecule has 7 rings (SSSR count). The average molecular weight is 837 g/mol. The zero-order valence-corrected chi connectivity index (χ0v) is 36.4. The number of alkyl halides is 2. The highest BCUT2D eigenvalue weighted by Crippen LogP contribution is 2.57. The monoisotopic (exact) mass is 836 g/mol. The predicted molar refractivity (Wildman–Crippen MR) is 256 cm³/mol. The summed E-state index contributed by atoms with van der Waals surface area (Å²) in [5.74, 6) is 1.39. The van der Waals surface area contributed by atoms with Crippen molar-refractivity contribution in [2.24, 2.45) is 0 Å². The number of aryl methyl sites for hydroxylation is 1. The van der Waals surface area contributed by atoms with Crippen molar-refractivity contribution in [1.82, 2.24) is 0 Å². The van der Waals surface area contributed by atoms with E-state index < -0.39 is 27.9 Å². The first-order valence-electron chi connectivity index (χ1n) is 21.3. The van der Waals surface area contributed by atoms with Crippen molar-refractivity contribution in [3.05, 3.63) is 194 Å². The largest absolute Gasteiger partial charge is 0.491 e. The molecule has 2 unspecified atom stereocenters. The maximum absolute atomic E-state index is 13.0. The molecule has 7 aromatic rings. The van der Waals surface area contributed by atoms with Crippen LogP contribution in [-0.2, 0) is 6.42 Å². The lowest BCUT2D eigenvalue weighted by Crippen LogP contribution is -2.33. The fraction of sp³-hybridized carbons (Fsp3) is 0.222. The fourth-order valence-electron chi connectivity index (χ4n) is 8.52. The van der Waals surface area contributed by atoms with Crippen molar-refractivity contribution in [3.8, 4) is 22.6 Å². The van der Waals surface area contributed by atoms with Gasteiger partial charge in [0, 0.05) is 0 Å². The molecule has 2 atom stereocenters. The van der Waals surface area contributed by atoms with Gasteiger partial charge in [-0.2, -0.15) is 0 Å². The molecule has 0 aromatic heterocycles. The van der Waals surface area contributed by atoms with E-state index >= 15 is 0 Å². The molecule has 0 fully saturated rings. The highest BCUT2D eigenvalue weighted by atomic mass is 31.2. The Hall–Kier alpha value is -5.14. The summed E-state index contributed by atoms with van der Waals surface area (Å²) in [6, 6.07) is 68.3. The van der Waals surface area contributed by atoms with Crippen LogP contribution >= 0.6 is 14.5 Å². The summed E-state index contributed by atoms with van der Waals surface area (Å²) in [6.45, 7) is 1.35. The Morgan fingerprint density at radius 2 is 0.733 bits per heavy atom. The lowest BCUT2D eigenvalue weighted by atomic mass is 10.1. The normalized spacial score (nSPS) is 13.2. The van der Waals surface area contributed by atoms with Crippen LogP contribution in [0.2, 0.25) is 0 Å². The van der Waals surface area contributed by atoms with Crippen LogP contribution in [0.15, 0.2) is 188 Å². The van der Waals surface area contributed by atoms with Gasteiger partial charge in [0.05, 0.1) is 12.3 Å². The molecule has 0 saturated carbocycles. The second-order valence-corrected chi connectivity index (χ2v) is 22.4. The van der Waals surface area contributed by atoms with E-state index in [0.29, 0.717) is 11.5 Å². The molecule has 0 aliphatic rings. The quantitative estimate of drug-likeness (QED) is 0.0530. The molecule has 0 amide bonds. The Bertz CT molecular complexity index is 2310. The minimum absolute atomic E-state index is 0.0524. The Labute approximate surface area is 357 Å². The van der Waals surface area contributed by atoms with E-state index in [1.165, 1.54) is 54.9 Å². The number of halogens is 2. The standard InChI is InChI=1S/C54H56F2O2P2/c1-2-3-13-42-59(49-18-9-5-10-19-49,53-34-26-47(27-35-53)57-40-38-55)51-30-22-45(23-31-51)46-24-32-52(33-25-46)60(50-20-11-6-12-21-50,43-14-17-44-15-7-4-8-16-44)54-36-28-48(29-37-54)58-41-39-56/h4-12,15-16,18-37H,2-3,13-14,17,38-43H2,1H3/q+2. The number of hydrogen-bond acceptors (Lipinski definition) is 2. The molecule has 306 valence electrons. The molecule has 2 nitrogen and oxygen atoms in total. The van der Waals surface area contributed by atoms with E-state index in [9.17, 15) is 8.78 Å². The summed E-state index contributed by atoms with van der Waals surface area (Å²) >= 11 is 0. The van der Waals surface area contributed by atoms with Crippen molar-refractivity contribution in [3.63, 3.8) is 0 Å². The van der Waals surface area contributed by atoms with Gasteiger partial charge in [-0.3, -0.25) is 0 Å². The van der Waals surface area contributed by atoms with Crippen molar-refractivity contribution in [2.45, 2.75) is 39.0 Å². The zero-order valence-electron chi connectivity index (χ0n) is 34.6. The fourth-order valence-corrected chi connectivity index (χ4v) is 17.2. The second kappa shape index (κ2) is 21.4. The van der Waals surface area contributed by atoms with Gasteiger partial charge in [-0.25, -0.2) is 8.78 Å². The third-order valence-corrected chi connectivity index (χ3v) is 20.5. The van der Waals surface area contributed by atoms with Crippen molar-refractivity contribution < 1.29 is 18.3 Å². The number of benzene rings is 7. The molecule has 0 saturated heterocycles. The molecule has 0 aliphatic carbocycles. The molecule has 0 N–H and O–H groups in total. The Kier molecular flexibility index (Phi) is 15.3. The Morgan fingerprint density at radius 1 is 0.383 bits per heavy atom. The lowest BCUT2D eigenvalue weighted by Gasteiger charge is -2.28. The van der Waals surface area contributed by atoms with E-state index in [1.807, 2.05) is 24.3 Å². The van der Waals surface area contributed by atoms with Crippen LogP contribution in [0.4, 0.5) is 8.78 Å². The summed E-state index contributed by atoms with van der Waals surface area (Å²) in [4.78, 5) is 0. The van der Waals surface area contributed by atoms with Gasteiger partial charge < -0.3 is 9.47 Å². The second-order valence-electron chi connectivity index (χ2n) is 15.2. The van der Waals surface area contributed by atoms with Gasteiger partial charge in [-0.1, -0.05) is 111 Å². The molecule has 0 aliphatic heterocycles. The molecule has 60 heavy (non-hydrogen) atoms. The first-order valence-corrected chi connectivity index (χ1v) is 25.3. The molecular formula is C54H56F2O2P2+2. The summed E-state index contributed by atoms with van der Waals surface area (Å²) in [5.41, 5.74) is 3.71. The predicted octanol–water partition coefficient (Wildman–Crippen LogP) is 11.5. The number of ether oxygens (including phenoxy) is 2. The first kappa shape index (κ1) is 43.0. The van der Waals surface area contributed by atoms with E-state index in [1.54, 1.807) is 0 Å². The summed E-state index contributed by atoms with van der Waals surface area (Å²) in [7, 11) is -4.16.